The number of nitrogens with zero attached hydrogens (tertiary/aromatic N) is 5. The van der Waals surface area contributed by atoms with E-state index in [1.807, 2.05) is 30.5 Å². The first-order chi connectivity index (χ1) is 22.0. The van der Waals surface area contributed by atoms with Gasteiger partial charge in [0, 0.05) is 43.9 Å². The van der Waals surface area contributed by atoms with Crippen LogP contribution in [0.25, 0.3) is 0 Å². The lowest BCUT2D eigenvalue weighted by atomic mass is 9.99. The van der Waals surface area contributed by atoms with Gasteiger partial charge in [-0.2, -0.15) is 0 Å². The first kappa shape index (κ1) is 29.0. The molecule has 4 heterocycles. The first-order valence-electron chi connectivity index (χ1n) is 15.3. The minimum absolute atomic E-state index is 0.0979. The van der Waals surface area contributed by atoms with Crippen LogP contribution in [0.1, 0.15) is 43.1 Å². The second-order valence-electron chi connectivity index (χ2n) is 11.8. The van der Waals surface area contributed by atoms with Gasteiger partial charge in [0.05, 0.1) is 38.6 Å². The van der Waals surface area contributed by atoms with Crippen molar-refractivity contribution < 1.29 is 23.8 Å². The van der Waals surface area contributed by atoms with Crippen molar-refractivity contribution >= 4 is 11.8 Å². The maximum atomic E-state index is 13.7. The number of carbonyl (C=O) groups excluding carboxylic acids is 2. The molecule has 0 spiro atoms. The lowest BCUT2D eigenvalue weighted by Crippen LogP contribution is -2.44. The molecule has 2 amide bonds. The number of aromatic nitrogens is 3. The van der Waals surface area contributed by atoms with Crippen molar-refractivity contribution in [3.63, 3.8) is 0 Å². The highest BCUT2D eigenvalue weighted by Crippen LogP contribution is 2.29. The average Bonchev–Trinajstić information content (AvgIpc) is 3.70. The van der Waals surface area contributed by atoms with Gasteiger partial charge in [-0.05, 0) is 53.4 Å². The number of hydrogen-bond acceptors (Lipinski definition) is 8. The molecule has 0 aliphatic carbocycles. The molecule has 232 valence electrons. The number of likely N-dealkylation sites (tertiary alicyclic amines) is 1. The minimum Gasteiger partial charge on any atom is -0.493 e. The predicted molar refractivity (Wildman–Crippen MR) is 165 cm³/mol. The molecule has 0 radical (unpaired) electrons. The second kappa shape index (κ2) is 12.7. The van der Waals surface area contributed by atoms with Gasteiger partial charge in [0.1, 0.15) is 12.3 Å². The first-order valence-corrected chi connectivity index (χ1v) is 15.3. The van der Waals surface area contributed by atoms with Crippen molar-refractivity contribution in [2.45, 2.75) is 44.8 Å². The molecule has 1 fully saturated rings. The molecular weight excluding hydrogens is 572 g/mol. The summed E-state index contributed by atoms with van der Waals surface area (Å²) in [6.45, 7) is 4.42. The Labute approximate surface area is 261 Å². The molecule has 1 N–H and O–H groups in total. The van der Waals surface area contributed by atoms with Crippen molar-refractivity contribution in [1.29, 1.82) is 0 Å². The molecular formula is C34H36N6O5. The number of fused-ring (bicyclic) bond motifs is 6. The van der Waals surface area contributed by atoms with Crippen LogP contribution in [-0.4, -0.2) is 82.1 Å². The summed E-state index contributed by atoms with van der Waals surface area (Å²) in [7, 11) is 1.56. The fourth-order valence-electron chi connectivity index (χ4n) is 6.27. The highest BCUT2D eigenvalue weighted by atomic mass is 16.5. The van der Waals surface area contributed by atoms with E-state index in [0.717, 1.165) is 26.1 Å². The Morgan fingerprint density at radius 2 is 1.89 bits per heavy atom. The minimum atomic E-state index is -0.427. The Morgan fingerprint density at radius 1 is 1.04 bits per heavy atom. The molecule has 3 aromatic carbocycles. The van der Waals surface area contributed by atoms with Gasteiger partial charge in [-0.15, -0.1) is 5.10 Å². The van der Waals surface area contributed by atoms with Crippen molar-refractivity contribution in [3.05, 3.63) is 106 Å². The van der Waals surface area contributed by atoms with Crippen LogP contribution < -0.4 is 14.8 Å². The Morgan fingerprint density at radius 3 is 2.73 bits per heavy atom. The van der Waals surface area contributed by atoms with E-state index >= 15 is 0 Å². The van der Waals surface area contributed by atoms with E-state index in [-0.39, 0.29) is 18.4 Å². The third-order valence-corrected chi connectivity index (χ3v) is 8.72. The van der Waals surface area contributed by atoms with Crippen molar-refractivity contribution in [1.82, 2.24) is 30.1 Å². The monoisotopic (exact) mass is 608 g/mol. The summed E-state index contributed by atoms with van der Waals surface area (Å²) in [6, 6.07) is 21.1. The summed E-state index contributed by atoms with van der Waals surface area (Å²) in [5.74, 6) is 0.615. The van der Waals surface area contributed by atoms with Crippen LogP contribution >= 0.6 is 0 Å². The van der Waals surface area contributed by atoms with Crippen LogP contribution in [0.15, 0.2) is 72.9 Å². The number of carbonyl (C=O) groups is 2. The van der Waals surface area contributed by atoms with E-state index in [9.17, 15) is 9.59 Å². The van der Waals surface area contributed by atoms with E-state index < -0.39 is 12.1 Å². The molecule has 3 aliphatic rings. The van der Waals surface area contributed by atoms with Crippen LogP contribution in [0.5, 0.6) is 11.5 Å². The second-order valence-corrected chi connectivity index (χ2v) is 11.8. The average molecular weight is 609 g/mol. The fourth-order valence-corrected chi connectivity index (χ4v) is 6.27. The zero-order valence-corrected chi connectivity index (χ0v) is 25.2. The Hall–Kier alpha value is -4.74. The number of benzene rings is 3. The SMILES string of the molecule is COc1ccc2cc1OCCn1cc(nn1)CO[C@H]1CN(C(=O)c3ccc(CN4CCc5ccccc5C4)cc3)C[C@@H]1NC2=O. The van der Waals surface area contributed by atoms with Gasteiger partial charge in [-0.25, -0.2) is 4.68 Å². The molecule has 4 bridgehead atoms. The summed E-state index contributed by atoms with van der Waals surface area (Å²) < 4.78 is 19.3. The third-order valence-electron chi connectivity index (χ3n) is 8.72. The summed E-state index contributed by atoms with van der Waals surface area (Å²) in [4.78, 5) is 31.2. The van der Waals surface area contributed by atoms with Gasteiger partial charge in [-0.1, -0.05) is 41.6 Å². The fraction of sp³-hybridized carbons (Fsp3) is 0.353. The van der Waals surface area contributed by atoms with Crippen molar-refractivity contribution in [3.8, 4) is 11.5 Å². The van der Waals surface area contributed by atoms with Crippen LogP contribution in [0.2, 0.25) is 0 Å². The van der Waals surface area contributed by atoms with Gasteiger partial charge in [0.15, 0.2) is 11.5 Å². The molecule has 1 aromatic heterocycles. The van der Waals surface area contributed by atoms with Crippen LogP contribution in [0.4, 0.5) is 0 Å². The number of nitrogens with one attached hydrogen (secondary N) is 1. The summed E-state index contributed by atoms with van der Waals surface area (Å²) in [5, 5.41) is 11.5. The number of methoxy groups -OCH3 is 1. The zero-order chi connectivity index (χ0) is 30.8. The quantitative estimate of drug-likeness (QED) is 0.377. The number of ether oxygens (including phenoxy) is 3. The van der Waals surface area contributed by atoms with Crippen LogP contribution in [-0.2, 0) is 37.4 Å². The molecule has 11 nitrogen and oxygen atoms in total. The molecule has 3 aliphatic heterocycles. The van der Waals surface area contributed by atoms with Gasteiger partial charge in [0.2, 0.25) is 0 Å². The van der Waals surface area contributed by atoms with Crippen molar-refractivity contribution in [2.24, 2.45) is 0 Å². The van der Waals surface area contributed by atoms with E-state index in [1.165, 1.54) is 16.7 Å². The van der Waals surface area contributed by atoms with Crippen LogP contribution in [0, 0.1) is 0 Å². The molecule has 1 saturated heterocycles. The Balaban J connectivity index is 1.05. The third kappa shape index (κ3) is 6.40. The molecule has 0 unspecified atom stereocenters. The van der Waals surface area contributed by atoms with E-state index in [0.29, 0.717) is 54.6 Å². The maximum Gasteiger partial charge on any atom is 0.254 e. The summed E-state index contributed by atoms with van der Waals surface area (Å²) in [5.41, 5.74) is 5.68. The van der Waals surface area contributed by atoms with E-state index in [4.69, 9.17) is 14.2 Å². The van der Waals surface area contributed by atoms with Gasteiger partial charge >= 0.3 is 0 Å². The van der Waals surface area contributed by atoms with Gasteiger partial charge in [-0.3, -0.25) is 14.5 Å². The molecule has 7 rings (SSSR count). The number of rotatable bonds is 4. The molecule has 4 aromatic rings. The largest absolute Gasteiger partial charge is 0.493 e. The van der Waals surface area contributed by atoms with Gasteiger partial charge in [0.25, 0.3) is 11.8 Å². The lowest BCUT2D eigenvalue weighted by Gasteiger charge is -2.28. The normalized spacial score (nSPS) is 20.2. The highest BCUT2D eigenvalue weighted by Gasteiger charge is 2.38. The maximum absolute atomic E-state index is 13.7. The molecule has 2 atom stereocenters. The topological polar surface area (TPSA) is 111 Å². The summed E-state index contributed by atoms with van der Waals surface area (Å²) in [6.07, 6.45) is 2.43. The number of amides is 2. The zero-order valence-electron chi connectivity index (χ0n) is 25.2. The summed E-state index contributed by atoms with van der Waals surface area (Å²) >= 11 is 0. The van der Waals surface area contributed by atoms with Crippen LogP contribution in [0.3, 0.4) is 0 Å². The highest BCUT2D eigenvalue weighted by molar-refractivity contribution is 5.96. The Kier molecular flexibility index (Phi) is 8.19. The number of hydrogen-bond donors (Lipinski definition) is 1. The van der Waals surface area contributed by atoms with E-state index in [1.54, 1.807) is 34.9 Å². The molecule has 0 saturated carbocycles. The smallest absolute Gasteiger partial charge is 0.254 e. The lowest BCUT2D eigenvalue weighted by molar-refractivity contribution is 0.0291. The van der Waals surface area contributed by atoms with Gasteiger partial charge < -0.3 is 24.4 Å². The Bertz CT molecular complexity index is 1690. The van der Waals surface area contributed by atoms with Crippen molar-refractivity contribution in [2.75, 3.05) is 33.4 Å². The standard InChI is InChI=1S/C34H36N6O5/c1-43-30-11-10-26-16-31(30)44-15-14-40-19-28(36-37-40)22-45-32-21-39(20-29(32)35-33(26)41)34(42)25-8-6-23(7-9-25)17-38-13-12-24-4-2-3-5-27(24)18-38/h2-11,16,19,29,32H,12-15,17-18,20-22H2,1H3,(H,35,41)/t29-,32-/m0/s1. The molecule has 11 heteroatoms. The predicted octanol–water partition coefficient (Wildman–Crippen LogP) is 3.08. The molecule has 45 heavy (non-hydrogen) atoms. The van der Waals surface area contributed by atoms with E-state index in [2.05, 4.69) is 44.8 Å².